The highest BCUT2D eigenvalue weighted by atomic mass is 32.1. The average Bonchev–Trinajstić information content (AvgIpc) is 2.59. The molecule has 0 saturated heterocycles. The van der Waals surface area contributed by atoms with Crippen molar-refractivity contribution < 1.29 is 10.2 Å². The monoisotopic (exact) mass is 208 g/mol. The van der Waals surface area contributed by atoms with Gasteiger partial charge in [-0.1, -0.05) is 13.0 Å². The molecule has 0 aliphatic carbocycles. The first-order valence-corrected chi connectivity index (χ1v) is 5.47. The first-order chi connectivity index (χ1) is 6.77. The number of aromatic hydroxyl groups is 1. The minimum Gasteiger partial charge on any atom is -0.506 e. The van der Waals surface area contributed by atoms with Crippen molar-refractivity contribution in [1.82, 2.24) is 0 Å². The van der Waals surface area contributed by atoms with E-state index < -0.39 is 0 Å². The van der Waals surface area contributed by atoms with Gasteiger partial charge >= 0.3 is 0 Å². The molecule has 2 rings (SSSR count). The molecule has 0 amide bonds. The third-order valence-electron chi connectivity index (χ3n) is 2.46. The molecule has 0 saturated carbocycles. The quantitative estimate of drug-likeness (QED) is 0.796. The number of hydrogen-bond donors (Lipinski definition) is 2. The van der Waals surface area contributed by atoms with Gasteiger partial charge in [0.1, 0.15) is 5.75 Å². The van der Waals surface area contributed by atoms with Crippen LogP contribution >= 0.6 is 11.3 Å². The normalized spacial score (nSPS) is 11.0. The lowest BCUT2D eigenvalue weighted by Gasteiger charge is -2.06. The van der Waals surface area contributed by atoms with Crippen molar-refractivity contribution in [3.63, 3.8) is 0 Å². The first-order valence-electron chi connectivity index (χ1n) is 4.59. The van der Waals surface area contributed by atoms with E-state index >= 15 is 0 Å². The molecule has 0 unspecified atom stereocenters. The van der Waals surface area contributed by atoms with Gasteiger partial charge in [-0.05, 0) is 23.6 Å². The molecular weight excluding hydrogens is 196 g/mol. The Morgan fingerprint density at radius 3 is 2.79 bits per heavy atom. The Morgan fingerprint density at radius 2 is 2.14 bits per heavy atom. The summed E-state index contributed by atoms with van der Waals surface area (Å²) in [5.74, 6) is 0.282. The molecule has 74 valence electrons. The van der Waals surface area contributed by atoms with Crippen LogP contribution in [-0.2, 0) is 13.0 Å². The fourth-order valence-electron chi connectivity index (χ4n) is 1.74. The van der Waals surface area contributed by atoms with Crippen molar-refractivity contribution in [2.24, 2.45) is 0 Å². The molecule has 2 nitrogen and oxygen atoms in total. The van der Waals surface area contributed by atoms with Crippen LogP contribution in [-0.4, -0.2) is 10.2 Å². The number of aliphatic hydroxyl groups excluding tert-OH is 1. The molecule has 1 aromatic heterocycles. The van der Waals surface area contributed by atoms with Crippen molar-refractivity contribution in [3.05, 3.63) is 28.6 Å². The van der Waals surface area contributed by atoms with E-state index in [2.05, 4.69) is 0 Å². The van der Waals surface area contributed by atoms with E-state index in [0.717, 1.165) is 27.6 Å². The Bertz CT molecular complexity index is 460. The summed E-state index contributed by atoms with van der Waals surface area (Å²) in [7, 11) is 0. The smallest absolute Gasteiger partial charge is 0.134 e. The standard InChI is InChI=1S/C11H12O2S/c1-2-7-3-4-10-11(8(7)5-12)9(13)6-14-10/h3-4,6,12-13H,2,5H2,1H3. The van der Waals surface area contributed by atoms with Crippen LogP contribution in [0.1, 0.15) is 18.1 Å². The van der Waals surface area contributed by atoms with Gasteiger partial charge in [0.15, 0.2) is 0 Å². The molecule has 0 aliphatic rings. The Kier molecular flexibility index (Phi) is 2.44. The van der Waals surface area contributed by atoms with Gasteiger partial charge in [-0.3, -0.25) is 0 Å². The van der Waals surface area contributed by atoms with Gasteiger partial charge in [0.05, 0.1) is 6.61 Å². The molecule has 0 fully saturated rings. The molecule has 0 radical (unpaired) electrons. The number of thiophene rings is 1. The number of fused-ring (bicyclic) bond motifs is 1. The molecule has 3 heteroatoms. The minimum absolute atomic E-state index is 0.00912. The lowest BCUT2D eigenvalue weighted by molar-refractivity contribution is 0.282. The SMILES string of the molecule is CCc1ccc2scc(O)c2c1CO. The van der Waals surface area contributed by atoms with Crippen LogP contribution in [0.4, 0.5) is 0 Å². The maximum absolute atomic E-state index is 9.64. The third-order valence-corrected chi connectivity index (χ3v) is 3.40. The van der Waals surface area contributed by atoms with Crippen molar-refractivity contribution >= 4 is 21.4 Å². The van der Waals surface area contributed by atoms with E-state index in [9.17, 15) is 10.2 Å². The highest BCUT2D eigenvalue weighted by Gasteiger charge is 2.10. The summed E-state index contributed by atoms with van der Waals surface area (Å²) < 4.78 is 1.03. The van der Waals surface area contributed by atoms with Gasteiger partial charge in [0, 0.05) is 15.5 Å². The van der Waals surface area contributed by atoms with Crippen LogP contribution in [0.15, 0.2) is 17.5 Å². The zero-order valence-electron chi connectivity index (χ0n) is 7.95. The second-order valence-electron chi connectivity index (χ2n) is 3.21. The summed E-state index contributed by atoms with van der Waals surface area (Å²) in [5, 5.41) is 21.5. The highest BCUT2D eigenvalue weighted by Crippen LogP contribution is 2.35. The van der Waals surface area contributed by atoms with Crippen molar-refractivity contribution in [1.29, 1.82) is 0 Å². The zero-order valence-corrected chi connectivity index (χ0v) is 8.77. The van der Waals surface area contributed by atoms with Gasteiger partial charge in [0.2, 0.25) is 0 Å². The summed E-state index contributed by atoms with van der Waals surface area (Å²) >= 11 is 1.50. The molecular formula is C11H12O2S. The summed E-state index contributed by atoms with van der Waals surface area (Å²) in [4.78, 5) is 0. The van der Waals surface area contributed by atoms with Gasteiger partial charge < -0.3 is 10.2 Å². The summed E-state index contributed by atoms with van der Waals surface area (Å²) in [6.07, 6.45) is 0.876. The van der Waals surface area contributed by atoms with Crippen molar-refractivity contribution in [3.8, 4) is 5.75 Å². The van der Waals surface area contributed by atoms with E-state index in [4.69, 9.17) is 0 Å². The average molecular weight is 208 g/mol. The molecule has 0 aliphatic heterocycles. The lowest BCUT2D eigenvalue weighted by atomic mass is 10.0. The third kappa shape index (κ3) is 1.29. The van der Waals surface area contributed by atoms with Gasteiger partial charge in [-0.15, -0.1) is 11.3 Å². The Morgan fingerprint density at radius 1 is 1.36 bits per heavy atom. The van der Waals surface area contributed by atoms with E-state index in [1.807, 2.05) is 19.1 Å². The van der Waals surface area contributed by atoms with Crippen LogP contribution in [0.2, 0.25) is 0 Å². The van der Waals surface area contributed by atoms with Crippen LogP contribution in [0, 0.1) is 0 Å². The molecule has 2 aromatic rings. The number of hydrogen-bond acceptors (Lipinski definition) is 3. The molecule has 0 spiro atoms. The van der Waals surface area contributed by atoms with Crippen LogP contribution < -0.4 is 0 Å². The van der Waals surface area contributed by atoms with E-state index in [1.165, 1.54) is 11.3 Å². The zero-order chi connectivity index (χ0) is 10.1. The van der Waals surface area contributed by atoms with Gasteiger partial charge in [0.25, 0.3) is 0 Å². The van der Waals surface area contributed by atoms with Crippen LogP contribution in [0.25, 0.3) is 10.1 Å². The van der Waals surface area contributed by atoms with Crippen LogP contribution in [0.3, 0.4) is 0 Å². The first kappa shape index (κ1) is 9.49. The number of aliphatic hydroxyl groups is 1. The fourth-order valence-corrected chi connectivity index (χ4v) is 2.59. The Hall–Kier alpha value is -1.06. The predicted octanol–water partition coefficient (Wildman–Crippen LogP) is 2.66. The number of rotatable bonds is 2. The Balaban J connectivity index is 2.81. The summed E-state index contributed by atoms with van der Waals surface area (Å²) in [6.45, 7) is 2.04. The highest BCUT2D eigenvalue weighted by molar-refractivity contribution is 7.17. The van der Waals surface area contributed by atoms with Crippen molar-refractivity contribution in [2.45, 2.75) is 20.0 Å². The second-order valence-corrected chi connectivity index (χ2v) is 4.12. The molecule has 0 bridgehead atoms. The van der Waals surface area contributed by atoms with Crippen molar-refractivity contribution in [2.75, 3.05) is 0 Å². The fraction of sp³-hybridized carbons (Fsp3) is 0.273. The maximum atomic E-state index is 9.64. The minimum atomic E-state index is -0.00912. The van der Waals surface area contributed by atoms with Gasteiger partial charge in [-0.2, -0.15) is 0 Å². The molecule has 1 heterocycles. The van der Waals surface area contributed by atoms with E-state index in [-0.39, 0.29) is 12.4 Å². The summed E-state index contributed by atoms with van der Waals surface area (Å²) in [6, 6.07) is 4.02. The number of aryl methyl sites for hydroxylation is 1. The second kappa shape index (κ2) is 3.59. The molecule has 2 N–H and O–H groups in total. The molecule has 14 heavy (non-hydrogen) atoms. The summed E-state index contributed by atoms with van der Waals surface area (Å²) in [5.41, 5.74) is 1.97. The van der Waals surface area contributed by atoms with E-state index in [0.29, 0.717) is 0 Å². The molecule has 1 aromatic carbocycles. The van der Waals surface area contributed by atoms with Crippen LogP contribution in [0.5, 0.6) is 5.75 Å². The lowest BCUT2D eigenvalue weighted by Crippen LogP contribution is -1.92. The Labute approximate surface area is 86.4 Å². The van der Waals surface area contributed by atoms with E-state index in [1.54, 1.807) is 5.38 Å². The van der Waals surface area contributed by atoms with Gasteiger partial charge in [-0.25, -0.2) is 0 Å². The maximum Gasteiger partial charge on any atom is 0.134 e. The topological polar surface area (TPSA) is 40.5 Å². The molecule has 0 atom stereocenters. The predicted molar refractivity (Wildman–Crippen MR) is 58.8 cm³/mol. The number of benzene rings is 1. The largest absolute Gasteiger partial charge is 0.506 e.